The molecule has 2 aromatic carbocycles. The highest BCUT2D eigenvalue weighted by Gasteiger charge is 2.25. The van der Waals surface area contributed by atoms with Crippen LogP contribution in [0.25, 0.3) is 10.8 Å². The van der Waals surface area contributed by atoms with Crippen LogP contribution in [0, 0.1) is 5.92 Å². The lowest BCUT2D eigenvalue weighted by atomic mass is 9.85. The van der Waals surface area contributed by atoms with Crippen LogP contribution in [0.5, 0.6) is 5.75 Å². The quantitative estimate of drug-likeness (QED) is 0.899. The lowest BCUT2D eigenvalue weighted by molar-refractivity contribution is 0.0908. The fraction of sp³-hybridized carbons (Fsp3) is 0.450. The average Bonchev–Trinajstić information content (AvgIpc) is 2.57. The number of benzene rings is 2. The highest BCUT2D eigenvalue weighted by molar-refractivity contribution is 6.09. The molecule has 3 heteroatoms. The van der Waals surface area contributed by atoms with Gasteiger partial charge in [0, 0.05) is 6.04 Å². The highest BCUT2D eigenvalue weighted by Crippen LogP contribution is 2.30. The maximum atomic E-state index is 13.0. The van der Waals surface area contributed by atoms with Gasteiger partial charge < -0.3 is 10.1 Å². The third-order valence-electron chi connectivity index (χ3n) is 4.85. The predicted molar refractivity (Wildman–Crippen MR) is 94.0 cm³/mol. The van der Waals surface area contributed by atoms with Crippen molar-refractivity contribution in [3.05, 3.63) is 42.0 Å². The molecule has 1 aliphatic rings. The molecule has 2 atom stereocenters. The summed E-state index contributed by atoms with van der Waals surface area (Å²) in [7, 11) is 0. The van der Waals surface area contributed by atoms with Gasteiger partial charge in [-0.2, -0.15) is 0 Å². The molecule has 1 N–H and O–H groups in total. The number of hydrogen-bond acceptors (Lipinski definition) is 2. The number of rotatable bonds is 4. The Kier molecular flexibility index (Phi) is 4.85. The monoisotopic (exact) mass is 311 g/mol. The van der Waals surface area contributed by atoms with E-state index in [1.165, 1.54) is 19.3 Å². The van der Waals surface area contributed by atoms with Crippen LogP contribution < -0.4 is 10.1 Å². The Balaban J connectivity index is 1.95. The topological polar surface area (TPSA) is 38.3 Å². The van der Waals surface area contributed by atoms with E-state index in [1.54, 1.807) is 0 Å². The Morgan fingerprint density at radius 3 is 2.74 bits per heavy atom. The molecule has 122 valence electrons. The summed E-state index contributed by atoms with van der Waals surface area (Å²) in [5.74, 6) is 1.20. The predicted octanol–water partition coefficient (Wildman–Crippen LogP) is 4.55. The summed E-state index contributed by atoms with van der Waals surface area (Å²) < 4.78 is 5.72. The van der Waals surface area contributed by atoms with Gasteiger partial charge in [0.15, 0.2) is 0 Å². The second-order valence-corrected chi connectivity index (χ2v) is 6.43. The minimum atomic E-state index is -0.0102. The number of hydrogen-bond donors (Lipinski definition) is 1. The van der Waals surface area contributed by atoms with E-state index in [-0.39, 0.29) is 11.9 Å². The Bertz CT molecular complexity index is 695. The molecule has 0 aliphatic heterocycles. The van der Waals surface area contributed by atoms with E-state index >= 15 is 0 Å². The number of fused-ring (bicyclic) bond motifs is 1. The Labute approximate surface area is 138 Å². The molecule has 1 aliphatic carbocycles. The third kappa shape index (κ3) is 3.34. The van der Waals surface area contributed by atoms with E-state index in [0.717, 1.165) is 17.2 Å². The minimum Gasteiger partial charge on any atom is -0.493 e. The van der Waals surface area contributed by atoms with Crippen molar-refractivity contribution < 1.29 is 9.53 Å². The maximum absolute atomic E-state index is 13.0. The molecule has 1 saturated carbocycles. The Morgan fingerprint density at radius 2 is 1.96 bits per heavy atom. The smallest absolute Gasteiger partial charge is 0.255 e. The van der Waals surface area contributed by atoms with Crippen molar-refractivity contribution in [2.75, 3.05) is 6.61 Å². The molecule has 0 aromatic heterocycles. The summed E-state index contributed by atoms with van der Waals surface area (Å²) >= 11 is 0. The first-order chi connectivity index (χ1) is 11.2. The maximum Gasteiger partial charge on any atom is 0.255 e. The van der Waals surface area contributed by atoms with Crippen molar-refractivity contribution >= 4 is 16.7 Å². The summed E-state index contributed by atoms with van der Waals surface area (Å²) in [4.78, 5) is 13.0. The molecule has 2 unspecified atom stereocenters. The standard InChI is InChI=1S/C20H25NO2/c1-3-23-18-13-12-15-9-5-6-10-16(15)19(18)20(22)21-17-11-7-4-8-14(17)2/h5-6,9-10,12-14,17H,3-4,7-8,11H2,1-2H3,(H,21,22). The molecule has 3 nitrogen and oxygen atoms in total. The summed E-state index contributed by atoms with van der Waals surface area (Å²) in [6, 6.07) is 12.2. The lowest BCUT2D eigenvalue weighted by Crippen LogP contribution is -2.41. The summed E-state index contributed by atoms with van der Waals surface area (Å²) in [5.41, 5.74) is 0.669. The molecule has 0 spiro atoms. The molecule has 0 radical (unpaired) electrons. The van der Waals surface area contributed by atoms with Crippen LogP contribution in [-0.2, 0) is 0 Å². The first-order valence-electron chi connectivity index (χ1n) is 8.66. The zero-order valence-electron chi connectivity index (χ0n) is 14.0. The van der Waals surface area contributed by atoms with Crippen molar-refractivity contribution in [1.82, 2.24) is 5.32 Å². The molecule has 3 rings (SSSR count). The summed E-state index contributed by atoms with van der Waals surface area (Å²) in [6.45, 7) is 4.73. The van der Waals surface area contributed by atoms with E-state index < -0.39 is 0 Å². The van der Waals surface area contributed by atoms with Gasteiger partial charge in [0.25, 0.3) is 5.91 Å². The highest BCUT2D eigenvalue weighted by atomic mass is 16.5. The van der Waals surface area contributed by atoms with Gasteiger partial charge in [-0.1, -0.05) is 50.1 Å². The Morgan fingerprint density at radius 1 is 1.17 bits per heavy atom. The van der Waals surface area contributed by atoms with Gasteiger partial charge in [0.05, 0.1) is 12.2 Å². The summed E-state index contributed by atoms with van der Waals surface area (Å²) in [6.07, 6.45) is 4.73. The van der Waals surface area contributed by atoms with Crippen LogP contribution in [0.2, 0.25) is 0 Å². The molecular weight excluding hydrogens is 286 g/mol. The average molecular weight is 311 g/mol. The zero-order chi connectivity index (χ0) is 16.2. The van der Waals surface area contributed by atoms with Gasteiger partial charge in [-0.05, 0) is 42.5 Å². The third-order valence-corrected chi connectivity index (χ3v) is 4.85. The Hall–Kier alpha value is -2.03. The molecule has 2 aromatic rings. The second-order valence-electron chi connectivity index (χ2n) is 6.43. The van der Waals surface area contributed by atoms with Crippen LogP contribution in [0.4, 0.5) is 0 Å². The lowest BCUT2D eigenvalue weighted by Gasteiger charge is -2.29. The van der Waals surface area contributed by atoms with Gasteiger partial charge in [-0.3, -0.25) is 4.79 Å². The molecular formula is C20H25NO2. The van der Waals surface area contributed by atoms with Crippen molar-refractivity contribution in [2.45, 2.75) is 45.6 Å². The molecule has 0 bridgehead atoms. The SMILES string of the molecule is CCOc1ccc2ccccc2c1C(=O)NC1CCCCC1C. The number of ether oxygens (including phenoxy) is 1. The number of nitrogens with one attached hydrogen (secondary N) is 1. The molecule has 1 amide bonds. The normalized spacial score (nSPS) is 21.1. The van der Waals surface area contributed by atoms with Crippen molar-refractivity contribution in [3.63, 3.8) is 0 Å². The number of carbonyl (C=O) groups excluding carboxylic acids is 1. The van der Waals surface area contributed by atoms with E-state index in [2.05, 4.69) is 12.2 Å². The van der Waals surface area contributed by atoms with Crippen molar-refractivity contribution in [2.24, 2.45) is 5.92 Å². The van der Waals surface area contributed by atoms with E-state index in [0.29, 0.717) is 23.8 Å². The molecule has 1 fully saturated rings. The molecule has 23 heavy (non-hydrogen) atoms. The second kappa shape index (κ2) is 7.03. The fourth-order valence-electron chi connectivity index (χ4n) is 3.53. The van der Waals surface area contributed by atoms with Gasteiger partial charge in [0.2, 0.25) is 0 Å². The molecule has 0 saturated heterocycles. The van der Waals surface area contributed by atoms with Crippen LogP contribution >= 0.6 is 0 Å². The van der Waals surface area contributed by atoms with Gasteiger partial charge in [-0.25, -0.2) is 0 Å². The first-order valence-corrected chi connectivity index (χ1v) is 8.66. The van der Waals surface area contributed by atoms with Gasteiger partial charge in [-0.15, -0.1) is 0 Å². The number of carbonyl (C=O) groups is 1. The first kappa shape index (κ1) is 15.9. The van der Waals surface area contributed by atoms with E-state index in [4.69, 9.17) is 4.74 Å². The van der Waals surface area contributed by atoms with Gasteiger partial charge >= 0.3 is 0 Å². The van der Waals surface area contributed by atoms with Crippen LogP contribution in [0.3, 0.4) is 0 Å². The van der Waals surface area contributed by atoms with Crippen molar-refractivity contribution in [1.29, 1.82) is 0 Å². The number of amides is 1. The van der Waals surface area contributed by atoms with Crippen LogP contribution in [0.1, 0.15) is 49.9 Å². The fourth-order valence-corrected chi connectivity index (χ4v) is 3.53. The molecule has 0 heterocycles. The van der Waals surface area contributed by atoms with Crippen LogP contribution in [-0.4, -0.2) is 18.6 Å². The summed E-state index contributed by atoms with van der Waals surface area (Å²) in [5, 5.41) is 5.28. The van der Waals surface area contributed by atoms with E-state index in [9.17, 15) is 4.79 Å². The largest absolute Gasteiger partial charge is 0.493 e. The van der Waals surface area contributed by atoms with Crippen molar-refractivity contribution in [3.8, 4) is 5.75 Å². The van der Waals surface area contributed by atoms with Gasteiger partial charge in [0.1, 0.15) is 5.75 Å². The minimum absolute atomic E-state index is 0.0102. The zero-order valence-corrected chi connectivity index (χ0v) is 14.0. The van der Waals surface area contributed by atoms with Crippen LogP contribution in [0.15, 0.2) is 36.4 Å². The van der Waals surface area contributed by atoms with E-state index in [1.807, 2.05) is 43.3 Å².